The van der Waals surface area contributed by atoms with Crippen molar-refractivity contribution in [2.75, 3.05) is 23.7 Å². The highest BCUT2D eigenvalue weighted by Crippen LogP contribution is 2.26. The minimum absolute atomic E-state index is 0.755. The highest BCUT2D eigenvalue weighted by Gasteiger charge is 2.20. The Morgan fingerprint density at radius 3 is 3.06 bits per heavy atom. The molecule has 88 valence electrons. The van der Waals surface area contributed by atoms with Crippen molar-refractivity contribution >= 4 is 11.5 Å². The van der Waals surface area contributed by atoms with E-state index >= 15 is 0 Å². The van der Waals surface area contributed by atoms with Gasteiger partial charge in [0.1, 0.15) is 5.82 Å². The molecule has 1 aromatic rings. The molecule has 2 heterocycles. The third kappa shape index (κ3) is 2.29. The van der Waals surface area contributed by atoms with E-state index in [-0.39, 0.29) is 0 Å². The van der Waals surface area contributed by atoms with Crippen molar-refractivity contribution in [3.05, 3.63) is 17.8 Å². The second-order valence-corrected chi connectivity index (χ2v) is 4.77. The second kappa shape index (κ2) is 4.73. The van der Waals surface area contributed by atoms with Gasteiger partial charge in [0.2, 0.25) is 0 Å². The van der Waals surface area contributed by atoms with Crippen LogP contribution in [0.15, 0.2) is 12.3 Å². The van der Waals surface area contributed by atoms with Crippen LogP contribution in [-0.2, 0) is 0 Å². The van der Waals surface area contributed by atoms with Crippen molar-refractivity contribution in [3.63, 3.8) is 0 Å². The van der Waals surface area contributed by atoms with Gasteiger partial charge in [-0.15, -0.1) is 0 Å². The Morgan fingerprint density at radius 2 is 2.38 bits per heavy atom. The number of hydrogen-bond donors (Lipinski definition) is 1. The molecule has 0 radical (unpaired) electrons. The van der Waals surface area contributed by atoms with Crippen LogP contribution in [0.4, 0.5) is 11.5 Å². The molecule has 3 heteroatoms. The van der Waals surface area contributed by atoms with Gasteiger partial charge in [0.05, 0.1) is 11.9 Å². The third-order valence-corrected chi connectivity index (χ3v) is 3.47. The average molecular weight is 219 g/mol. The molecule has 1 aliphatic heterocycles. The lowest BCUT2D eigenvalue weighted by Crippen LogP contribution is -2.36. The van der Waals surface area contributed by atoms with Crippen LogP contribution >= 0.6 is 0 Å². The van der Waals surface area contributed by atoms with E-state index in [4.69, 9.17) is 5.73 Å². The second-order valence-electron chi connectivity index (χ2n) is 4.77. The van der Waals surface area contributed by atoms with Crippen LogP contribution in [0.1, 0.15) is 31.7 Å². The number of rotatable bonds is 2. The largest absolute Gasteiger partial charge is 0.397 e. The molecular formula is C13H21N3. The fraction of sp³-hybridized carbons (Fsp3) is 0.615. The van der Waals surface area contributed by atoms with E-state index in [0.717, 1.165) is 30.5 Å². The molecule has 0 amide bonds. The van der Waals surface area contributed by atoms with Crippen LogP contribution in [0.2, 0.25) is 0 Å². The number of anilines is 2. The fourth-order valence-corrected chi connectivity index (χ4v) is 2.51. The molecule has 1 atom stereocenters. The van der Waals surface area contributed by atoms with Crippen LogP contribution in [-0.4, -0.2) is 18.1 Å². The zero-order chi connectivity index (χ0) is 11.5. The maximum absolute atomic E-state index is 5.73. The van der Waals surface area contributed by atoms with E-state index in [0.29, 0.717) is 0 Å². The summed E-state index contributed by atoms with van der Waals surface area (Å²) in [6.07, 6.45) is 5.67. The number of nitrogens with two attached hydrogens (primary N) is 1. The smallest absolute Gasteiger partial charge is 0.131 e. The Kier molecular flexibility index (Phi) is 3.32. The van der Waals surface area contributed by atoms with E-state index in [1.165, 1.54) is 24.8 Å². The van der Waals surface area contributed by atoms with Crippen LogP contribution in [0.25, 0.3) is 0 Å². The van der Waals surface area contributed by atoms with Gasteiger partial charge >= 0.3 is 0 Å². The minimum Gasteiger partial charge on any atom is -0.397 e. The number of nitrogens with zero attached hydrogens (tertiary/aromatic N) is 2. The van der Waals surface area contributed by atoms with Gasteiger partial charge in [-0.3, -0.25) is 0 Å². The quantitative estimate of drug-likeness (QED) is 0.831. The van der Waals surface area contributed by atoms with Crippen LogP contribution in [0.5, 0.6) is 0 Å². The molecule has 0 aliphatic carbocycles. The highest BCUT2D eigenvalue weighted by atomic mass is 15.2. The van der Waals surface area contributed by atoms with Gasteiger partial charge in [-0.1, -0.05) is 13.3 Å². The number of hydrogen-bond acceptors (Lipinski definition) is 3. The molecule has 2 N–H and O–H groups in total. The van der Waals surface area contributed by atoms with E-state index < -0.39 is 0 Å². The first kappa shape index (κ1) is 11.2. The molecule has 1 aliphatic rings. The van der Waals surface area contributed by atoms with Crippen LogP contribution < -0.4 is 10.6 Å². The number of aryl methyl sites for hydroxylation is 1. The Hall–Kier alpha value is -1.25. The van der Waals surface area contributed by atoms with Gasteiger partial charge in [0.15, 0.2) is 0 Å². The van der Waals surface area contributed by atoms with Gasteiger partial charge in [-0.2, -0.15) is 0 Å². The zero-order valence-electron chi connectivity index (χ0n) is 10.2. The average Bonchev–Trinajstić information content (AvgIpc) is 2.29. The Labute approximate surface area is 97.7 Å². The normalized spacial score (nSPS) is 21.1. The molecule has 0 spiro atoms. The molecule has 2 rings (SSSR count). The van der Waals surface area contributed by atoms with Crippen molar-refractivity contribution in [1.82, 2.24) is 4.98 Å². The van der Waals surface area contributed by atoms with Crippen LogP contribution in [0, 0.1) is 12.8 Å². The van der Waals surface area contributed by atoms with Gasteiger partial charge < -0.3 is 10.6 Å². The molecular weight excluding hydrogens is 198 g/mol. The first-order valence-corrected chi connectivity index (χ1v) is 6.17. The molecule has 3 nitrogen and oxygen atoms in total. The van der Waals surface area contributed by atoms with Crippen molar-refractivity contribution in [1.29, 1.82) is 0 Å². The topological polar surface area (TPSA) is 42.2 Å². The third-order valence-electron chi connectivity index (χ3n) is 3.47. The summed E-state index contributed by atoms with van der Waals surface area (Å²) < 4.78 is 0. The molecule has 1 unspecified atom stereocenters. The van der Waals surface area contributed by atoms with E-state index in [1.807, 2.05) is 6.07 Å². The number of nitrogen functional groups attached to an aromatic ring is 1. The van der Waals surface area contributed by atoms with Gasteiger partial charge in [0.25, 0.3) is 0 Å². The summed E-state index contributed by atoms with van der Waals surface area (Å²) in [6.45, 7) is 6.65. The predicted molar refractivity (Wildman–Crippen MR) is 68.6 cm³/mol. The standard InChI is InChI=1S/C13H21N3/c1-3-11-5-4-6-16(9-11)13-10(2)7-12(14)8-15-13/h7-8,11H,3-6,9,14H2,1-2H3. The zero-order valence-corrected chi connectivity index (χ0v) is 10.2. The summed E-state index contributed by atoms with van der Waals surface area (Å²) in [4.78, 5) is 6.88. The van der Waals surface area contributed by atoms with Crippen molar-refractivity contribution in [3.8, 4) is 0 Å². The maximum Gasteiger partial charge on any atom is 0.131 e. The number of aromatic nitrogens is 1. The summed E-state index contributed by atoms with van der Waals surface area (Å²) in [7, 11) is 0. The molecule has 1 fully saturated rings. The lowest BCUT2D eigenvalue weighted by Gasteiger charge is -2.34. The van der Waals surface area contributed by atoms with Crippen molar-refractivity contribution < 1.29 is 0 Å². The lowest BCUT2D eigenvalue weighted by molar-refractivity contribution is 0.402. The highest BCUT2D eigenvalue weighted by molar-refractivity contribution is 5.52. The Bertz CT molecular complexity index is 362. The summed E-state index contributed by atoms with van der Waals surface area (Å²) in [6, 6.07) is 2.01. The van der Waals surface area contributed by atoms with E-state index in [2.05, 4.69) is 23.7 Å². The Balaban J connectivity index is 2.16. The molecule has 1 saturated heterocycles. The minimum atomic E-state index is 0.755. The fourth-order valence-electron chi connectivity index (χ4n) is 2.51. The van der Waals surface area contributed by atoms with Crippen molar-refractivity contribution in [2.45, 2.75) is 33.1 Å². The Morgan fingerprint density at radius 1 is 1.56 bits per heavy atom. The maximum atomic E-state index is 5.73. The van der Waals surface area contributed by atoms with Gasteiger partial charge in [0, 0.05) is 13.1 Å². The molecule has 1 aromatic heterocycles. The van der Waals surface area contributed by atoms with Gasteiger partial charge in [-0.05, 0) is 37.3 Å². The molecule has 0 aromatic carbocycles. The van der Waals surface area contributed by atoms with Crippen LogP contribution in [0.3, 0.4) is 0 Å². The lowest BCUT2D eigenvalue weighted by atomic mass is 9.95. The first-order valence-electron chi connectivity index (χ1n) is 6.17. The SMILES string of the molecule is CCC1CCCN(c2ncc(N)cc2C)C1. The summed E-state index contributed by atoms with van der Waals surface area (Å²) >= 11 is 0. The predicted octanol–water partition coefficient (Wildman–Crippen LogP) is 2.60. The first-order chi connectivity index (χ1) is 7.70. The van der Waals surface area contributed by atoms with Gasteiger partial charge in [-0.25, -0.2) is 4.98 Å². The monoisotopic (exact) mass is 219 g/mol. The van der Waals surface area contributed by atoms with E-state index in [1.54, 1.807) is 6.20 Å². The van der Waals surface area contributed by atoms with E-state index in [9.17, 15) is 0 Å². The summed E-state index contributed by atoms with van der Waals surface area (Å²) in [5.74, 6) is 1.94. The number of piperidine rings is 1. The molecule has 0 saturated carbocycles. The summed E-state index contributed by atoms with van der Waals surface area (Å²) in [5.41, 5.74) is 7.68. The number of pyridine rings is 1. The summed E-state index contributed by atoms with van der Waals surface area (Å²) in [5, 5.41) is 0. The molecule has 0 bridgehead atoms. The van der Waals surface area contributed by atoms with Crippen molar-refractivity contribution in [2.24, 2.45) is 5.92 Å². The molecule has 16 heavy (non-hydrogen) atoms.